The lowest BCUT2D eigenvalue weighted by Gasteiger charge is -2.22. The van der Waals surface area contributed by atoms with Crippen LogP contribution in [0.25, 0.3) is 0 Å². The van der Waals surface area contributed by atoms with E-state index in [0.717, 1.165) is 34.6 Å². The second-order valence-electron chi connectivity index (χ2n) is 5.02. The van der Waals surface area contributed by atoms with Gasteiger partial charge in [-0.25, -0.2) is 4.39 Å². The van der Waals surface area contributed by atoms with Gasteiger partial charge in [0.05, 0.1) is 17.4 Å². The molecule has 0 aliphatic heterocycles. The van der Waals surface area contributed by atoms with Crippen molar-refractivity contribution in [3.05, 3.63) is 58.2 Å². The van der Waals surface area contributed by atoms with E-state index in [1.807, 2.05) is 39.8 Å². The van der Waals surface area contributed by atoms with Gasteiger partial charge in [-0.3, -0.25) is 0 Å². The van der Waals surface area contributed by atoms with Gasteiger partial charge in [-0.1, -0.05) is 13.0 Å². The Balaban J connectivity index is 2.55. The minimum atomic E-state index is -0.218. The minimum absolute atomic E-state index is 0.0649. The van der Waals surface area contributed by atoms with Crippen molar-refractivity contribution in [1.82, 2.24) is 15.5 Å². The summed E-state index contributed by atoms with van der Waals surface area (Å²) in [5.74, 6) is -0.218. The van der Waals surface area contributed by atoms with E-state index in [2.05, 4.69) is 15.5 Å². The van der Waals surface area contributed by atoms with Gasteiger partial charge in [-0.15, -0.1) is 0 Å². The van der Waals surface area contributed by atoms with Crippen molar-refractivity contribution in [2.45, 2.75) is 33.7 Å². The summed E-state index contributed by atoms with van der Waals surface area (Å²) in [4.78, 5) is 0. The summed E-state index contributed by atoms with van der Waals surface area (Å²) in [6, 6.07) is 6.85. The number of aromatic nitrogens is 2. The van der Waals surface area contributed by atoms with Gasteiger partial charge in [0, 0.05) is 0 Å². The zero-order valence-electron chi connectivity index (χ0n) is 12.4. The lowest BCUT2D eigenvalue weighted by atomic mass is 9.94. The summed E-state index contributed by atoms with van der Waals surface area (Å²) in [6.07, 6.45) is 0. The number of rotatable bonds is 4. The number of benzene rings is 1. The van der Waals surface area contributed by atoms with E-state index in [0.29, 0.717) is 0 Å². The third kappa shape index (κ3) is 3.02. The van der Waals surface area contributed by atoms with E-state index in [4.69, 9.17) is 0 Å². The Morgan fingerprint density at radius 2 is 1.85 bits per heavy atom. The second kappa shape index (κ2) is 6.09. The van der Waals surface area contributed by atoms with E-state index in [1.165, 1.54) is 6.07 Å². The summed E-state index contributed by atoms with van der Waals surface area (Å²) in [7, 11) is 0. The number of halogens is 1. The highest BCUT2D eigenvalue weighted by molar-refractivity contribution is 5.38. The zero-order valence-corrected chi connectivity index (χ0v) is 12.4. The van der Waals surface area contributed by atoms with Crippen molar-refractivity contribution in [2.24, 2.45) is 0 Å². The third-order valence-corrected chi connectivity index (χ3v) is 3.41. The first kappa shape index (κ1) is 14.6. The Kier molecular flexibility index (Phi) is 4.45. The van der Waals surface area contributed by atoms with Gasteiger partial charge in [0.25, 0.3) is 0 Å². The molecule has 0 aliphatic carbocycles. The smallest absolute Gasteiger partial charge is 0.123 e. The molecule has 1 unspecified atom stereocenters. The average molecular weight is 273 g/mol. The monoisotopic (exact) mass is 273 g/mol. The maximum atomic E-state index is 13.6. The molecule has 2 rings (SSSR count). The molecular weight excluding hydrogens is 253 g/mol. The van der Waals surface area contributed by atoms with E-state index < -0.39 is 0 Å². The van der Waals surface area contributed by atoms with Crippen molar-refractivity contribution in [2.75, 3.05) is 6.54 Å². The largest absolute Gasteiger partial charge is 0.306 e. The SMILES string of the molecule is CCNC(c1cc(F)ccc1C)c1cc(C)nnc1C. The molecule has 1 aromatic carbocycles. The van der Waals surface area contributed by atoms with Crippen molar-refractivity contribution < 1.29 is 4.39 Å². The summed E-state index contributed by atoms with van der Waals surface area (Å²) in [5.41, 5.74) is 4.79. The van der Waals surface area contributed by atoms with Crippen LogP contribution in [-0.2, 0) is 0 Å². The first-order valence-corrected chi connectivity index (χ1v) is 6.83. The summed E-state index contributed by atoms with van der Waals surface area (Å²) >= 11 is 0. The fourth-order valence-corrected chi connectivity index (χ4v) is 2.38. The van der Waals surface area contributed by atoms with E-state index in [-0.39, 0.29) is 11.9 Å². The Morgan fingerprint density at radius 3 is 2.55 bits per heavy atom. The molecule has 1 heterocycles. The Bertz CT molecular complexity index is 559. The average Bonchev–Trinajstić information content (AvgIpc) is 2.42. The third-order valence-electron chi connectivity index (χ3n) is 3.41. The molecule has 2 aromatic rings. The summed E-state index contributed by atoms with van der Waals surface area (Å²) in [5, 5.41) is 11.7. The molecule has 0 radical (unpaired) electrons. The standard InChI is InChI=1S/C16H20FN3/c1-5-18-16(14-9-13(17)7-6-10(14)2)15-8-11(3)19-20-12(15)4/h6-9,16,18H,5H2,1-4H3. The Morgan fingerprint density at radius 1 is 1.10 bits per heavy atom. The van der Waals surface area contributed by atoms with Crippen LogP contribution in [0.15, 0.2) is 24.3 Å². The molecule has 0 bridgehead atoms. The van der Waals surface area contributed by atoms with Gasteiger partial charge in [-0.2, -0.15) is 10.2 Å². The molecule has 3 nitrogen and oxygen atoms in total. The van der Waals surface area contributed by atoms with Crippen LogP contribution in [0.4, 0.5) is 4.39 Å². The quantitative estimate of drug-likeness (QED) is 0.929. The predicted molar refractivity (Wildman–Crippen MR) is 78.2 cm³/mol. The van der Waals surface area contributed by atoms with Crippen molar-refractivity contribution in [3.63, 3.8) is 0 Å². The number of nitrogens with zero attached hydrogens (tertiary/aromatic N) is 2. The van der Waals surface area contributed by atoms with Crippen LogP contribution in [-0.4, -0.2) is 16.7 Å². The zero-order chi connectivity index (χ0) is 14.7. The lowest BCUT2D eigenvalue weighted by molar-refractivity contribution is 0.595. The maximum Gasteiger partial charge on any atom is 0.123 e. The van der Waals surface area contributed by atoms with Gasteiger partial charge < -0.3 is 5.32 Å². The molecule has 1 atom stereocenters. The molecule has 0 amide bonds. The van der Waals surface area contributed by atoms with Crippen LogP contribution >= 0.6 is 0 Å². The molecule has 4 heteroatoms. The molecular formula is C16H20FN3. The van der Waals surface area contributed by atoms with Crippen molar-refractivity contribution in [3.8, 4) is 0 Å². The maximum absolute atomic E-state index is 13.6. The van der Waals surface area contributed by atoms with Crippen molar-refractivity contribution >= 4 is 0 Å². The van der Waals surface area contributed by atoms with Crippen LogP contribution in [0, 0.1) is 26.6 Å². The fourth-order valence-electron chi connectivity index (χ4n) is 2.38. The first-order valence-electron chi connectivity index (χ1n) is 6.83. The molecule has 0 spiro atoms. The normalized spacial score (nSPS) is 12.4. The van der Waals surface area contributed by atoms with Crippen LogP contribution in [0.5, 0.6) is 0 Å². The molecule has 1 aromatic heterocycles. The van der Waals surface area contributed by atoms with Gasteiger partial charge >= 0.3 is 0 Å². The molecule has 20 heavy (non-hydrogen) atoms. The van der Waals surface area contributed by atoms with Crippen LogP contribution in [0.1, 0.15) is 41.0 Å². The summed E-state index contributed by atoms with van der Waals surface area (Å²) in [6.45, 7) is 8.67. The molecule has 106 valence electrons. The van der Waals surface area contributed by atoms with Crippen LogP contribution in [0.3, 0.4) is 0 Å². The molecule has 0 fully saturated rings. The Labute approximate surface area is 119 Å². The predicted octanol–water partition coefficient (Wildman–Crippen LogP) is 3.24. The van der Waals surface area contributed by atoms with E-state index in [1.54, 1.807) is 6.07 Å². The highest BCUT2D eigenvalue weighted by Crippen LogP contribution is 2.27. The number of aryl methyl sites for hydroxylation is 3. The summed E-state index contributed by atoms with van der Waals surface area (Å²) < 4.78 is 13.6. The number of hydrogen-bond donors (Lipinski definition) is 1. The van der Waals surface area contributed by atoms with Gasteiger partial charge in [-0.05, 0) is 62.2 Å². The van der Waals surface area contributed by atoms with Crippen molar-refractivity contribution in [1.29, 1.82) is 0 Å². The lowest BCUT2D eigenvalue weighted by Crippen LogP contribution is -2.24. The number of nitrogens with one attached hydrogen (secondary N) is 1. The highest BCUT2D eigenvalue weighted by atomic mass is 19.1. The second-order valence-corrected chi connectivity index (χ2v) is 5.02. The molecule has 1 N–H and O–H groups in total. The van der Waals surface area contributed by atoms with Gasteiger partial charge in [0.15, 0.2) is 0 Å². The highest BCUT2D eigenvalue weighted by Gasteiger charge is 2.19. The fraction of sp³-hybridized carbons (Fsp3) is 0.375. The van der Waals surface area contributed by atoms with Gasteiger partial charge in [0.2, 0.25) is 0 Å². The van der Waals surface area contributed by atoms with E-state index >= 15 is 0 Å². The topological polar surface area (TPSA) is 37.8 Å². The van der Waals surface area contributed by atoms with Crippen LogP contribution < -0.4 is 5.32 Å². The molecule has 0 saturated carbocycles. The van der Waals surface area contributed by atoms with Crippen LogP contribution in [0.2, 0.25) is 0 Å². The Hall–Kier alpha value is -1.81. The number of hydrogen-bond acceptors (Lipinski definition) is 3. The molecule has 0 saturated heterocycles. The van der Waals surface area contributed by atoms with Gasteiger partial charge in [0.1, 0.15) is 5.82 Å². The van der Waals surface area contributed by atoms with E-state index in [9.17, 15) is 4.39 Å². The minimum Gasteiger partial charge on any atom is -0.306 e. The molecule has 0 aliphatic rings. The first-order chi connectivity index (χ1) is 9.52.